The van der Waals surface area contributed by atoms with Crippen molar-refractivity contribution in [3.8, 4) is 0 Å². The summed E-state index contributed by atoms with van der Waals surface area (Å²) in [5, 5.41) is 4.46. The van der Waals surface area contributed by atoms with Gasteiger partial charge in [0.1, 0.15) is 4.60 Å². The first-order valence-corrected chi connectivity index (χ1v) is 5.80. The van der Waals surface area contributed by atoms with E-state index in [0.717, 1.165) is 29.2 Å². The molecule has 15 heavy (non-hydrogen) atoms. The van der Waals surface area contributed by atoms with Gasteiger partial charge < -0.3 is 4.90 Å². The standard InChI is InChI=1S/C10H13BrN4/c1-3-14(4-2)10-12-7-8-5-6-9(11)15(8)13-10/h5-7H,3-4H2,1-2H3. The fourth-order valence-electron chi connectivity index (χ4n) is 1.51. The van der Waals surface area contributed by atoms with E-state index in [2.05, 4.69) is 44.8 Å². The van der Waals surface area contributed by atoms with Crippen LogP contribution >= 0.6 is 15.9 Å². The van der Waals surface area contributed by atoms with Crippen LogP contribution < -0.4 is 4.90 Å². The number of rotatable bonds is 3. The molecule has 0 N–H and O–H groups in total. The quantitative estimate of drug-likeness (QED) is 0.857. The summed E-state index contributed by atoms with van der Waals surface area (Å²) in [4.78, 5) is 6.45. The van der Waals surface area contributed by atoms with Gasteiger partial charge in [0, 0.05) is 13.1 Å². The van der Waals surface area contributed by atoms with Crippen LogP contribution in [0.3, 0.4) is 0 Å². The van der Waals surface area contributed by atoms with Crippen LogP contribution in [0.5, 0.6) is 0 Å². The first-order chi connectivity index (χ1) is 7.26. The number of hydrogen-bond acceptors (Lipinski definition) is 3. The third kappa shape index (κ3) is 1.84. The molecule has 0 unspecified atom stereocenters. The van der Waals surface area contributed by atoms with Gasteiger partial charge in [-0.1, -0.05) is 0 Å². The Bertz CT molecular complexity index is 461. The monoisotopic (exact) mass is 268 g/mol. The van der Waals surface area contributed by atoms with Crippen LogP contribution in [-0.2, 0) is 0 Å². The molecule has 0 amide bonds. The summed E-state index contributed by atoms with van der Waals surface area (Å²) in [6, 6.07) is 3.95. The molecule has 2 heterocycles. The second-order valence-corrected chi connectivity index (χ2v) is 4.04. The summed E-state index contributed by atoms with van der Waals surface area (Å²) in [5.41, 5.74) is 0.998. The van der Waals surface area contributed by atoms with Crippen LogP contribution in [0.1, 0.15) is 13.8 Å². The lowest BCUT2D eigenvalue weighted by atomic mass is 10.5. The van der Waals surface area contributed by atoms with Crippen LogP contribution in [0.25, 0.3) is 5.52 Å². The van der Waals surface area contributed by atoms with Gasteiger partial charge in [-0.2, -0.15) is 0 Å². The van der Waals surface area contributed by atoms with E-state index < -0.39 is 0 Å². The van der Waals surface area contributed by atoms with Crippen LogP contribution in [0.15, 0.2) is 22.9 Å². The highest BCUT2D eigenvalue weighted by Gasteiger charge is 2.07. The van der Waals surface area contributed by atoms with E-state index >= 15 is 0 Å². The summed E-state index contributed by atoms with van der Waals surface area (Å²) in [5.74, 6) is 0.768. The SMILES string of the molecule is CCN(CC)c1ncc2ccc(Br)n2n1. The highest BCUT2D eigenvalue weighted by molar-refractivity contribution is 9.10. The second kappa shape index (κ2) is 4.18. The Balaban J connectivity index is 2.49. The molecule has 0 aliphatic rings. The Morgan fingerprint density at radius 2 is 2.07 bits per heavy atom. The minimum Gasteiger partial charge on any atom is -0.340 e. The Kier molecular flexibility index (Phi) is 2.90. The summed E-state index contributed by atoms with van der Waals surface area (Å²) in [6.45, 7) is 6.03. The largest absolute Gasteiger partial charge is 0.340 e. The Hall–Kier alpha value is -1.10. The van der Waals surface area contributed by atoms with Gasteiger partial charge in [-0.05, 0) is 41.9 Å². The third-order valence-corrected chi connectivity index (χ3v) is 2.99. The molecule has 0 atom stereocenters. The molecule has 0 spiro atoms. The number of fused-ring (bicyclic) bond motifs is 1. The Labute approximate surface area is 97.0 Å². The van der Waals surface area contributed by atoms with Crippen molar-refractivity contribution in [3.63, 3.8) is 0 Å². The molecule has 0 fully saturated rings. The molecular formula is C10H13BrN4. The van der Waals surface area contributed by atoms with Gasteiger partial charge in [0.05, 0.1) is 11.7 Å². The van der Waals surface area contributed by atoms with E-state index in [9.17, 15) is 0 Å². The maximum atomic E-state index is 4.46. The lowest BCUT2D eigenvalue weighted by Gasteiger charge is -2.17. The van der Waals surface area contributed by atoms with E-state index in [0.29, 0.717) is 0 Å². The highest BCUT2D eigenvalue weighted by Crippen LogP contribution is 2.15. The summed E-state index contributed by atoms with van der Waals surface area (Å²) >= 11 is 3.45. The zero-order chi connectivity index (χ0) is 10.8. The molecule has 0 bridgehead atoms. The molecule has 0 aromatic carbocycles. The molecule has 0 aliphatic carbocycles. The van der Waals surface area contributed by atoms with Crippen molar-refractivity contribution in [3.05, 3.63) is 22.9 Å². The number of aromatic nitrogens is 3. The molecule has 0 saturated heterocycles. The van der Waals surface area contributed by atoms with E-state index in [-0.39, 0.29) is 0 Å². The fraction of sp³-hybridized carbons (Fsp3) is 0.400. The molecule has 80 valence electrons. The molecule has 2 aromatic heterocycles. The minimum absolute atomic E-state index is 0.768. The molecule has 4 nitrogen and oxygen atoms in total. The van der Waals surface area contributed by atoms with Crippen LogP contribution in [-0.4, -0.2) is 27.7 Å². The van der Waals surface area contributed by atoms with E-state index in [1.54, 1.807) is 0 Å². The summed E-state index contributed by atoms with van der Waals surface area (Å²) in [7, 11) is 0. The van der Waals surface area contributed by atoms with Crippen LogP contribution in [0.4, 0.5) is 5.95 Å². The second-order valence-electron chi connectivity index (χ2n) is 3.22. The maximum Gasteiger partial charge on any atom is 0.243 e. The normalized spacial score (nSPS) is 10.9. The first-order valence-electron chi connectivity index (χ1n) is 5.01. The molecule has 5 heteroatoms. The van der Waals surface area contributed by atoms with E-state index in [4.69, 9.17) is 0 Å². The number of halogens is 1. The number of nitrogens with zero attached hydrogens (tertiary/aromatic N) is 4. The molecule has 0 saturated carbocycles. The fourth-order valence-corrected chi connectivity index (χ4v) is 1.93. The summed E-state index contributed by atoms with van der Waals surface area (Å²) in [6.07, 6.45) is 1.84. The van der Waals surface area contributed by atoms with Crippen LogP contribution in [0, 0.1) is 0 Å². The Morgan fingerprint density at radius 1 is 1.33 bits per heavy atom. The maximum absolute atomic E-state index is 4.46. The van der Waals surface area contributed by atoms with E-state index in [1.165, 1.54) is 0 Å². The van der Waals surface area contributed by atoms with Gasteiger partial charge in [0.15, 0.2) is 0 Å². The first kappa shape index (κ1) is 10.4. The van der Waals surface area contributed by atoms with Gasteiger partial charge in [-0.3, -0.25) is 0 Å². The predicted molar refractivity (Wildman–Crippen MR) is 64.2 cm³/mol. The number of hydrogen-bond donors (Lipinski definition) is 0. The van der Waals surface area contributed by atoms with Crippen molar-refractivity contribution in [1.82, 2.24) is 14.6 Å². The Morgan fingerprint density at radius 3 is 2.73 bits per heavy atom. The predicted octanol–water partition coefficient (Wildman–Crippen LogP) is 2.34. The van der Waals surface area contributed by atoms with Crippen molar-refractivity contribution in [2.24, 2.45) is 0 Å². The van der Waals surface area contributed by atoms with Gasteiger partial charge in [-0.25, -0.2) is 9.50 Å². The van der Waals surface area contributed by atoms with Gasteiger partial charge >= 0.3 is 0 Å². The van der Waals surface area contributed by atoms with Crippen molar-refractivity contribution in [1.29, 1.82) is 0 Å². The molecule has 0 radical (unpaired) electrons. The van der Waals surface area contributed by atoms with Gasteiger partial charge in [-0.15, -0.1) is 5.10 Å². The van der Waals surface area contributed by atoms with Gasteiger partial charge in [0.2, 0.25) is 5.95 Å². The smallest absolute Gasteiger partial charge is 0.243 e. The third-order valence-electron chi connectivity index (χ3n) is 2.39. The topological polar surface area (TPSA) is 33.4 Å². The van der Waals surface area contributed by atoms with Crippen molar-refractivity contribution < 1.29 is 0 Å². The minimum atomic E-state index is 0.768. The average Bonchev–Trinajstić information content (AvgIpc) is 2.62. The summed E-state index contributed by atoms with van der Waals surface area (Å²) < 4.78 is 2.80. The average molecular weight is 269 g/mol. The van der Waals surface area contributed by atoms with Gasteiger partial charge in [0.25, 0.3) is 0 Å². The highest BCUT2D eigenvalue weighted by atomic mass is 79.9. The molecule has 2 rings (SSSR count). The lowest BCUT2D eigenvalue weighted by molar-refractivity contribution is 0.775. The zero-order valence-corrected chi connectivity index (χ0v) is 10.4. The number of anilines is 1. The zero-order valence-electron chi connectivity index (χ0n) is 8.81. The van der Waals surface area contributed by atoms with Crippen molar-refractivity contribution >= 4 is 27.4 Å². The lowest BCUT2D eigenvalue weighted by Crippen LogP contribution is -2.24. The van der Waals surface area contributed by atoms with E-state index in [1.807, 2.05) is 22.8 Å². The van der Waals surface area contributed by atoms with Crippen LogP contribution in [0.2, 0.25) is 0 Å². The van der Waals surface area contributed by atoms with Crippen molar-refractivity contribution in [2.45, 2.75) is 13.8 Å². The molecule has 0 aliphatic heterocycles. The van der Waals surface area contributed by atoms with Crippen molar-refractivity contribution in [2.75, 3.05) is 18.0 Å². The molecular weight excluding hydrogens is 256 g/mol. The molecule has 2 aromatic rings.